The van der Waals surface area contributed by atoms with Gasteiger partial charge in [-0.15, -0.1) is 0 Å². The summed E-state index contributed by atoms with van der Waals surface area (Å²) in [5.74, 6) is 0. The van der Waals surface area contributed by atoms with Gasteiger partial charge in [0.15, 0.2) is 0 Å². The number of alkyl halides is 1. The fourth-order valence-electron chi connectivity index (χ4n) is 1.12. The van der Waals surface area contributed by atoms with Gasteiger partial charge in [-0.1, -0.05) is 29.4 Å². The van der Waals surface area contributed by atoms with Crippen LogP contribution in [-0.2, 0) is 0 Å². The van der Waals surface area contributed by atoms with E-state index in [4.69, 9.17) is 11.3 Å². The van der Waals surface area contributed by atoms with E-state index in [1.807, 2.05) is 0 Å². The first-order chi connectivity index (χ1) is 7.19. The first-order valence-electron chi connectivity index (χ1n) is 4.33. The number of hydrogen-bond donors (Lipinski definition) is 2. The fourth-order valence-corrected chi connectivity index (χ4v) is 1.12. The fraction of sp³-hybridized carbons (Fsp3) is 0.333. The minimum atomic E-state index is -1.05. The van der Waals surface area contributed by atoms with Crippen molar-refractivity contribution >= 4 is 5.69 Å². The molecule has 3 N–H and O–H groups in total. The number of aliphatic hydroxyl groups is 1. The van der Waals surface area contributed by atoms with Gasteiger partial charge < -0.3 is 10.8 Å². The Morgan fingerprint density at radius 2 is 2.07 bits per heavy atom. The number of halogens is 1. The molecule has 1 aromatic rings. The van der Waals surface area contributed by atoms with Crippen molar-refractivity contribution in [2.75, 3.05) is 6.67 Å². The molecule has 15 heavy (non-hydrogen) atoms. The highest BCUT2D eigenvalue weighted by molar-refractivity contribution is 5.39. The van der Waals surface area contributed by atoms with Crippen molar-refractivity contribution in [2.45, 2.75) is 12.1 Å². The molecule has 0 fully saturated rings. The summed E-state index contributed by atoms with van der Waals surface area (Å²) in [5.41, 5.74) is 14.4. The van der Waals surface area contributed by atoms with E-state index in [1.54, 1.807) is 12.1 Å². The summed E-state index contributed by atoms with van der Waals surface area (Å²) in [5, 5.41) is 12.9. The highest BCUT2D eigenvalue weighted by atomic mass is 19.1. The van der Waals surface area contributed by atoms with Gasteiger partial charge in [0, 0.05) is 10.6 Å². The van der Waals surface area contributed by atoms with Crippen LogP contribution in [0.1, 0.15) is 11.7 Å². The predicted octanol–water partition coefficient (Wildman–Crippen LogP) is 1.96. The van der Waals surface area contributed by atoms with Crippen LogP contribution >= 0.6 is 0 Å². The van der Waals surface area contributed by atoms with Gasteiger partial charge in [0.1, 0.15) is 6.67 Å². The van der Waals surface area contributed by atoms with E-state index in [0.717, 1.165) is 0 Å². The van der Waals surface area contributed by atoms with Gasteiger partial charge in [-0.05, 0) is 11.1 Å². The second kappa shape index (κ2) is 5.31. The third-order valence-electron chi connectivity index (χ3n) is 1.98. The molecule has 80 valence electrons. The monoisotopic (exact) mass is 210 g/mol. The number of benzene rings is 1. The highest BCUT2D eigenvalue weighted by Crippen LogP contribution is 2.20. The van der Waals surface area contributed by atoms with Crippen LogP contribution in [0.15, 0.2) is 29.4 Å². The van der Waals surface area contributed by atoms with E-state index in [9.17, 15) is 9.50 Å². The largest absolute Gasteiger partial charge is 0.387 e. The molecule has 0 aliphatic carbocycles. The molecule has 0 bridgehead atoms. The summed E-state index contributed by atoms with van der Waals surface area (Å²) < 4.78 is 12.2. The number of hydrogen-bond acceptors (Lipinski definition) is 3. The number of azide groups is 1. The van der Waals surface area contributed by atoms with Crippen LogP contribution in [0, 0.1) is 0 Å². The van der Waals surface area contributed by atoms with Gasteiger partial charge in [-0.3, -0.25) is 0 Å². The number of aliphatic hydroxyl groups excluding tert-OH is 1. The second-order valence-electron chi connectivity index (χ2n) is 3.04. The molecule has 0 spiro atoms. The zero-order valence-corrected chi connectivity index (χ0v) is 7.92. The van der Waals surface area contributed by atoms with E-state index < -0.39 is 18.8 Å². The maximum Gasteiger partial charge on any atom is 0.107 e. The van der Waals surface area contributed by atoms with Crippen LogP contribution in [0.5, 0.6) is 0 Å². The van der Waals surface area contributed by atoms with Crippen LogP contribution in [0.25, 0.3) is 10.4 Å². The first-order valence-corrected chi connectivity index (χ1v) is 4.33. The normalized spacial score (nSPS) is 14.1. The van der Waals surface area contributed by atoms with E-state index >= 15 is 0 Å². The number of rotatable bonds is 4. The van der Waals surface area contributed by atoms with Gasteiger partial charge >= 0.3 is 0 Å². The zero-order chi connectivity index (χ0) is 11.3. The Balaban J connectivity index is 2.83. The van der Waals surface area contributed by atoms with Gasteiger partial charge in [0.25, 0.3) is 0 Å². The molecule has 1 aromatic carbocycles. The minimum absolute atomic E-state index is 0.433. The van der Waals surface area contributed by atoms with Gasteiger partial charge in [0.05, 0.1) is 12.1 Å². The summed E-state index contributed by atoms with van der Waals surface area (Å²) in [4.78, 5) is 2.61. The predicted molar refractivity (Wildman–Crippen MR) is 54.2 cm³/mol. The van der Waals surface area contributed by atoms with Crippen LogP contribution in [0.4, 0.5) is 10.1 Å². The van der Waals surface area contributed by atoms with Crippen LogP contribution in [0.2, 0.25) is 0 Å². The Bertz CT molecular complexity index is 361. The molecule has 0 aliphatic heterocycles. The molecule has 0 aromatic heterocycles. The SMILES string of the molecule is [N-]=[N+]=Nc1ccc([C@@H](O)[C@H](N)CF)cc1. The number of nitrogens with two attached hydrogens (primary N) is 1. The standard InChI is InChI=1S/C9H11FN4O/c10-5-8(11)9(15)6-1-3-7(4-2-6)13-14-12/h1-4,8-9,15H,5,11H2/t8-,9-/m1/s1. The lowest BCUT2D eigenvalue weighted by atomic mass is 10.0. The van der Waals surface area contributed by atoms with Gasteiger partial charge in [-0.2, -0.15) is 0 Å². The third kappa shape index (κ3) is 2.92. The molecule has 0 saturated heterocycles. The lowest BCUT2D eigenvalue weighted by Crippen LogP contribution is -2.30. The Hall–Kier alpha value is -1.62. The van der Waals surface area contributed by atoms with Gasteiger partial charge in [0.2, 0.25) is 0 Å². The van der Waals surface area contributed by atoms with Crippen LogP contribution in [0.3, 0.4) is 0 Å². The Kier molecular flexibility index (Phi) is 4.05. The van der Waals surface area contributed by atoms with E-state index in [-0.39, 0.29) is 0 Å². The van der Waals surface area contributed by atoms with Crippen molar-refractivity contribution in [2.24, 2.45) is 10.8 Å². The molecule has 0 unspecified atom stereocenters. The van der Waals surface area contributed by atoms with Crippen LogP contribution in [-0.4, -0.2) is 17.8 Å². The molecular weight excluding hydrogens is 199 g/mol. The van der Waals surface area contributed by atoms with E-state index in [2.05, 4.69) is 10.0 Å². The minimum Gasteiger partial charge on any atom is -0.387 e. The topological polar surface area (TPSA) is 95.0 Å². The molecule has 1 rings (SSSR count). The van der Waals surface area contributed by atoms with Gasteiger partial charge in [-0.25, -0.2) is 4.39 Å². The molecule has 6 heteroatoms. The lowest BCUT2D eigenvalue weighted by Gasteiger charge is -2.15. The van der Waals surface area contributed by atoms with Crippen molar-refractivity contribution in [1.29, 1.82) is 0 Å². The van der Waals surface area contributed by atoms with E-state index in [0.29, 0.717) is 11.3 Å². The molecule has 0 amide bonds. The number of nitrogens with zero attached hydrogens (tertiary/aromatic N) is 3. The molecule has 0 radical (unpaired) electrons. The molecule has 2 atom stereocenters. The van der Waals surface area contributed by atoms with Crippen molar-refractivity contribution in [1.82, 2.24) is 0 Å². The summed E-state index contributed by atoms with van der Waals surface area (Å²) >= 11 is 0. The molecular formula is C9H11FN4O. The molecule has 5 nitrogen and oxygen atoms in total. The summed E-state index contributed by atoms with van der Waals surface area (Å²) in [6.45, 7) is -0.792. The Morgan fingerprint density at radius 1 is 1.47 bits per heavy atom. The second-order valence-corrected chi connectivity index (χ2v) is 3.04. The van der Waals surface area contributed by atoms with Crippen molar-refractivity contribution < 1.29 is 9.50 Å². The molecule has 0 saturated carbocycles. The zero-order valence-electron chi connectivity index (χ0n) is 7.92. The average Bonchev–Trinajstić information content (AvgIpc) is 2.28. The summed E-state index contributed by atoms with van der Waals surface area (Å²) in [6.07, 6.45) is -1.05. The summed E-state index contributed by atoms with van der Waals surface area (Å²) in [6, 6.07) is 5.22. The van der Waals surface area contributed by atoms with E-state index in [1.165, 1.54) is 12.1 Å². The Morgan fingerprint density at radius 3 is 2.53 bits per heavy atom. The maximum atomic E-state index is 12.2. The van der Waals surface area contributed by atoms with Crippen molar-refractivity contribution in [3.8, 4) is 0 Å². The quantitative estimate of drug-likeness (QED) is 0.451. The first kappa shape index (κ1) is 11.5. The summed E-state index contributed by atoms with van der Waals surface area (Å²) in [7, 11) is 0. The average molecular weight is 210 g/mol. The third-order valence-corrected chi connectivity index (χ3v) is 1.98. The highest BCUT2D eigenvalue weighted by Gasteiger charge is 2.16. The maximum absolute atomic E-state index is 12.2. The van der Waals surface area contributed by atoms with Crippen LogP contribution < -0.4 is 5.73 Å². The molecule has 0 aliphatic rings. The lowest BCUT2D eigenvalue weighted by molar-refractivity contribution is 0.132. The Labute approximate surface area is 86.0 Å². The van der Waals surface area contributed by atoms with Crippen molar-refractivity contribution in [3.63, 3.8) is 0 Å². The molecule has 0 heterocycles. The smallest absolute Gasteiger partial charge is 0.107 e. The van der Waals surface area contributed by atoms with Crippen molar-refractivity contribution in [3.05, 3.63) is 40.3 Å².